The second-order valence-corrected chi connectivity index (χ2v) is 8.89. The number of benzene rings is 4. The molecule has 0 bridgehead atoms. The Kier molecular flexibility index (Phi) is 5.99. The van der Waals surface area contributed by atoms with Crippen molar-refractivity contribution in [1.29, 1.82) is 0 Å². The van der Waals surface area contributed by atoms with Gasteiger partial charge in [0, 0.05) is 11.1 Å². The van der Waals surface area contributed by atoms with Crippen molar-refractivity contribution in [1.82, 2.24) is 0 Å². The standard InChI is InChI=1S/C31H26O2/c32-20-22-11-15-24(16-12-22)28-19-29(25-17-13-23(21-33)14-18-25)31(27-9-5-2-6-10-27)30(28)26-7-3-1-4-8-26/h1-18,20-21,28-31H,19H2. The number of hydrogen-bond donors (Lipinski definition) is 0. The maximum absolute atomic E-state index is 11.2. The van der Waals surface area contributed by atoms with E-state index in [-0.39, 0.29) is 0 Å². The van der Waals surface area contributed by atoms with E-state index < -0.39 is 0 Å². The highest BCUT2D eigenvalue weighted by Gasteiger charge is 2.45. The number of carbonyl (C=O) groups excluding carboxylic acids is 2. The fraction of sp³-hybridized carbons (Fsp3) is 0.161. The number of rotatable bonds is 6. The zero-order chi connectivity index (χ0) is 22.6. The lowest BCUT2D eigenvalue weighted by Gasteiger charge is -2.28. The van der Waals surface area contributed by atoms with Gasteiger partial charge in [0.2, 0.25) is 0 Å². The first-order chi connectivity index (χ1) is 16.3. The van der Waals surface area contributed by atoms with E-state index in [1.54, 1.807) is 0 Å². The minimum atomic E-state index is 0.298. The van der Waals surface area contributed by atoms with E-state index >= 15 is 0 Å². The van der Waals surface area contributed by atoms with Gasteiger partial charge in [0.25, 0.3) is 0 Å². The molecule has 0 amide bonds. The van der Waals surface area contributed by atoms with Gasteiger partial charge in [-0.2, -0.15) is 0 Å². The zero-order valence-corrected chi connectivity index (χ0v) is 18.4. The Hall–Kier alpha value is -3.78. The molecule has 0 N–H and O–H groups in total. The van der Waals surface area contributed by atoms with E-state index in [2.05, 4.69) is 84.9 Å². The third-order valence-corrected chi connectivity index (χ3v) is 7.13. The topological polar surface area (TPSA) is 34.1 Å². The predicted molar refractivity (Wildman–Crippen MR) is 132 cm³/mol. The predicted octanol–water partition coefficient (Wildman–Crippen LogP) is 7.15. The van der Waals surface area contributed by atoms with Gasteiger partial charge < -0.3 is 0 Å². The lowest BCUT2D eigenvalue weighted by molar-refractivity contribution is 0.111. The maximum Gasteiger partial charge on any atom is 0.150 e. The van der Waals surface area contributed by atoms with Crippen LogP contribution in [0.1, 0.15) is 73.1 Å². The van der Waals surface area contributed by atoms with Gasteiger partial charge >= 0.3 is 0 Å². The Morgan fingerprint density at radius 2 is 0.818 bits per heavy atom. The Morgan fingerprint density at radius 3 is 1.15 bits per heavy atom. The fourth-order valence-electron chi connectivity index (χ4n) is 5.63. The molecule has 0 aromatic heterocycles. The van der Waals surface area contributed by atoms with Crippen LogP contribution < -0.4 is 0 Å². The molecular formula is C31H26O2. The van der Waals surface area contributed by atoms with Crippen LogP contribution in [0.5, 0.6) is 0 Å². The summed E-state index contributed by atoms with van der Waals surface area (Å²) in [5.74, 6) is 1.22. The van der Waals surface area contributed by atoms with Crippen LogP contribution in [0.15, 0.2) is 109 Å². The van der Waals surface area contributed by atoms with Crippen LogP contribution in [0, 0.1) is 0 Å². The van der Waals surface area contributed by atoms with Crippen molar-refractivity contribution in [2.75, 3.05) is 0 Å². The summed E-state index contributed by atoms with van der Waals surface area (Å²) in [6.07, 6.45) is 2.80. The lowest BCUT2D eigenvalue weighted by atomic mass is 9.75. The number of aldehydes is 2. The molecule has 0 saturated heterocycles. The van der Waals surface area contributed by atoms with E-state index in [0.29, 0.717) is 34.8 Å². The van der Waals surface area contributed by atoms with Crippen molar-refractivity contribution in [3.63, 3.8) is 0 Å². The van der Waals surface area contributed by atoms with E-state index in [1.807, 2.05) is 24.3 Å². The highest BCUT2D eigenvalue weighted by Crippen LogP contribution is 2.60. The molecule has 4 aromatic rings. The van der Waals surface area contributed by atoms with Crippen LogP contribution in [-0.2, 0) is 0 Å². The second-order valence-electron chi connectivity index (χ2n) is 8.89. The molecule has 1 aliphatic carbocycles. The molecule has 1 saturated carbocycles. The molecule has 33 heavy (non-hydrogen) atoms. The first-order valence-corrected chi connectivity index (χ1v) is 11.5. The molecule has 1 fully saturated rings. The van der Waals surface area contributed by atoms with Gasteiger partial charge in [0.15, 0.2) is 0 Å². The average molecular weight is 431 g/mol. The summed E-state index contributed by atoms with van der Waals surface area (Å²) >= 11 is 0. The molecule has 4 atom stereocenters. The van der Waals surface area contributed by atoms with Crippen molar-refractivity contribution in [3.05, 3.63) is 143 Å². The lowest BCUT2D eigenvalue weighted by Crippen LogP contribution is -2.14. The smallest absolute Gasteiger partial charge is 0.150 e. The largest absolute Gasteiger partial charge is 0.298 e. The first kappa shape index (κ1) is 21.1. The summed E-state index contributed by atoms with van der Waals surface area (Å²) in [5, 5.41) is 0. The molecular weight excluding hydrogens is 404 g/mol. The van der Waals surface area contributed by atoms with E-state index in [4.69, 9.17) is 0 Å². The van der Waals surface area contributed by atoms with Crippen LogP contribution in [0.3, 0.4) is 0 Å². The van der Waals surface area contributed by atoms with Crippen LogP contribution in [0.25, 0.3) is 0 Å². The van der Waals surface area contributed by atoms with Gasteiger partial charge in [-0.3, -0.25) is 9.59 Å². The zero-order valence-electron chi connectivity index (χ0n) is 18.4. The minimum absolute atomic E-state index is 0.298. The monoisotopic (exact) mass is 430 g/mol. The molecule has 1 aliphatic rings. The highest BCUT2D eigenvalue weighted by molar-refractivity contribution is 5.75. The van der Waals surface area contributed by atoms with Crippen LogP contribution in [0.4, 0.5) is 0 Å². The Labute approximate surface area is 194 Å². The number of carbonyl (C=O) groups is 2. The van der Waals surface area contributed by atoms with E-state index in [1.165, 1.54) is 22.3 Å². The molecule has 4 aromatic carbocycles. The third-order valence-electron chi connectivity index (χ3n) is 7.13. The van der Waals surface area contributed by atoms with Crippen molar-refractivity contribution in [2.24, 2.45) is 0 Å². The van der Waals surface area contributed by atoms with Crippen LogP contribution in [-0.4, -0.2) is 12.6 Å². The van der Waals surface area contributed by atoms with Gasteiger partial charge in [0.1, 0.15) is 12.6 Å². The summed E-state index contributed by atoms with van der Waals surface area (Å²) in [6, 6.07) is 37.7. The molecule has 162 valence electrons. The van der Waals surface area contributed by atoms with E-state index in [9.17, 15) is 9.59 Å². The molecule has 0 spiro atoms. The third kappa shape index (κ3) is 4.17. The maximum atomic E-state index is 11.2. The van der Waals surface area contributed by atoms with Crippen LogP contribution in [0.2, 0.25) is 0 Å². The average Bonchev–Trinajstić information content (AvgIpc) is 3.30. The summed E-state index contributed by atoms with van der Waals surface area (Å²) in [6.45, 7) is 0. The molecule has 4 unspecified atom stereocenters. The Bertz CT molecular complexity index is 1110. The molecule has 2 heteroatoms. The molecule has 0 radical (unpaired) electrons. The van der Waals surface area contributed by atoms with E-state index in [0.717, 1.165) is 19.0 Å². The SMILES string of the molecule is O=Cc1ccc(C2CC(c3ccc(C=O)cc3)C(c3ccccc3)C2c2ccccc2)cc1. The van der Waals surface area contributed by atoms with Gasteiger partial charge in [0.05, 0.1) is 0 Å². The molecule has 5 rings (SSSR count). The normalized spacial score (nSPS) is 22.1. The highest BCUT2D eigenvalue weighted by atomic mass is 16.1. The summed E-state index contributed by atoms with van der Waals surface area (Å²) < 4.78 is 0. The molecule has 0 aliphatic heterocycles. The van der Waals surface area contributed by atoms with Gasteiger partial charge in [-0.25, -0.2) is 0 Å². The Morgan fingerprint density at radius 1 is 0.455 bits per heavy atom. The summed E-state index contributed by atoms with van der Waals surface area (Å²) in [4.78, 5) is 22.5. The summed E-state index contributed by atoms with van der Waals surface area (Å²) in [5.41, 5.74) is 6.61. The van der Waals surface area contributed by atoms with Crippen molar-refractivity contribution in [3.8, 4) is 0 Å². The molecule has 0 heterocycles. The Balaban J connectivity index is 1.66. The molecule has 2 nitrogen and oxygen atoms in total. The van der Waals surface area contributed by atoms with Gasteiger partial charge in [-0.15, -0.1) is 0 Å². The second kappa shape index (κ2) is 9.38. The minimum Gasteiger partial charge on any atom is -0.298 e. The number of hydrogen-bond acceptors (Lipinski definition) is 2. The van der Waals surface area contributed by atoms with Gasteiger partial charge in [-0.1, -0.05) is 109 Å². The fourth-order valence-corrected chi connectivity index (χ4v) is 5.63. The first-order valence-electron chi connectivity index (χ1n) is 11.5. The summed E-state index contributed by atoms with van der Waals surface area (Å²) in [7, 11) is 0. The van der Waals surface area contributed by atoms with Crippen molar-refractivity contribution in [2.45, 2.75) is 30.1 Å². The quantitative estimate of drug-likeness (QED) is 0.304. The van der Waals surface area contributed by atoms with Crippen molar-refractivity contribution >= 4 is 12.6 Å². The van der Waals surface area contributed by atoms with Crippen LogP contribution >= 0.6 is 0 Å². The van der Waals surface area contributed by atoms with Crippen molar-refractivity contribution < 1.29 is 9.59 Å². The van der Waals surface area contributed by atoms with Gasteiger partial charge in [-0.05, 0) is 52.3 Å².